The SMILES string of the molecule is Cc1cc(N=Nc2cc(OCCCS(=O)(=O)O)c(N=Nc3c(C)c(C#N)c4nc5c(Cl)c(S(=O)(=O)O)ccc5n4c3O)cc2C)c(SCCCS(=O)(=O)O)cc1N=Nc1nc2c(S(=O)(=O)O)cc3ccc(S(=O)(=O)O)cc3c2s1.O=S(=O)=O. The monoisotopic (exact) mass is 1320 g/mol. The summed E-state index contributed by atoms with van der Waals surface area (Å²) >= 11 is 8.22. The quantitative estimate of drug-likeness (QED) is 0.0190. The third-order valence-electron chi connectivity index (χ3n) is 11.4. The van der Waals surface area contributed by atoms with Crippen LogP contribution in [0.2, 0.25) is 5.02 Å². The zero-order chi connectivity index (χ0) is 61.3. The number of hydrogen-bond donors (Lipinski definition) is 6. The first-order chi connectivity index (χ1) is 38.6. The van der Waals surface area contributed by atoms with Crippen LogP contribution in [0.1, 0.15) is 35.1 Å². The molecule has 8 rings (SSSR count). The number of ether oxygens (including phenoxy) is 1. The van der Waals surface area contributed by atoms with Crippen molar-refractivity contribution in [1.82, 2.24) is 14.4 Å². The van der Waals surface area contributed by atoms with E-state index in [2.05, 4.69) is 40.7 Å². The minimum Gasteiger partial charge on any atom is -0.493 e. The molecule has 0 aliphatic heterocycles. The molecule has 30 nitrogen and oxygen atoms in total. The first-order valence-electron chi connectivity index (χ1n) is 22.6. The molecule has 8 aromatic rings. The minimum absolute atomic E-state index is 0.0125. The Hall–Kier alpha value is -7.10. The van der Waals surface area contributed by atoms with E-state index in [1.807, 2.05) is 6.07 Å². The molecule has 0 saturated carbocycles. The zero-order valence-electron chi connectivity index (χ0n) is 42.0. The van der Waals surface area contributed by atoms with Gasteiger partial charge in [0.25, 0.3) is 50.6 Å². The number of aromatic hydroxyl groups is 1. The second-order valence-electron chi connectivity index (χ2n) is 17.2. The van der Waals surface area contributed by atoms with Crippen LogP contribution in [-0.2, 0) is 61.2 Å². The number of rotatable bonds is 19. The minimum atomic E-state index is -4.88. The maximum atomic E-state index is 12.5. The molecule has 0 atom stereocenters. The lowest BCUT2D eigenvalue weighted by Crippen LogP contribution is -2.08. The van der Waals surface area contributed by atoms with Crippen molar-refractivity contribution in [3.05, 3.63) is 87.9 Å². The normalized spacial score (nSPS) is 12.8. The Balaban J connectivity index is 0.00000240. The number of nitriles is 1. The molecule has 0 fully saturated rings. The van der Waals surface area contributed by atoms with Crippen molar-refractivity contribution in [1.29, 1.82) is 5.26 Å². The highest BCUT2D eigenvalue weighted by Crippen LogP contribution is 2.45. The van der Waals surface area contributed by atoms with Gasteiger partial charge >= 0.3 is 10.6 Å². The van der Waals surface area contributed by atoms with Crippen LogP contribution in [0, 0.1) is 32.1 Å². The molecular formula is C44H37ClN10O20S8. The van der Waals surface area contributed by atoms with E-state index in [0.29, 0.717) is 16.0 Å². The molecule has 5 aromatic carbocycles. The zero-order valence-corrected chi connectivity index (χ0v) is 49.3. The number of aryl methyl sites for hydroxylation is 2. The number of aromatic nitrogens is 3. The van der Waals surface area contributed by atoms with Crippen molar-refractivity contribution in [2.45, 2.75) is 53.2 Å². The summed E-state index contributed by atoms with van der Waals surface area (Å²) in [5.41, 5.74) is 0.519. The number of azo groups is 3. The lowest BCUT2D eigenvalue weighted by Gasteiger charge is -2.12. The van der Waals surface area contributed by atoms with Gasteiger partial charge in [-0.3, -0.25) is 27.2 Å². The van der Waals surface area contributed by atoms with Gasteiger partial charge in [0, 0.05) is 21.9 Å². The van der Waals surface area contributed by atoms with Crippen LogP contribution in [0.3, 0.4) is 0 Å². The largest absolute Gasteiger partial charge is 0.493 e. The Morgan fingerprint density at radius 2 is 1.29 bits per heavy atom. The third-order valence-corrected chi connectivity index (χ3v) is 18.2. The van der Waals surface area contributed by atoms with E-state index in [-0.39, 0.29) is 113 Å². The lowest BCUT2D eigenvalue weighted by molar-refractivity contribution is 0.317. The van der Waals surface area contributed by atoms with Crippen molar-refractivity contribution >= 4 is 167 Å². The fourth-order valence-corrected chi connectivity index (χ4v) is 13.1. The van der Waals surface area contributed by atoms with Crippen LogP contribution in [-0.4, -0.2) is 121 Å². The maximum Gasteiger partial charge on any atom is 0.425 e. The van der Waals surface area contributed by atoms with Crippen LogP contribution < -0.4 is 4.74 Å². The van der Waals surface area contributed by atoms with Gasteiger partial charge in [0.15, 0.2) is 11.3 Å². The molecule has 3 aromatic heterocycles. The van der Waals surface area contributed by atoms with Crippen LogP contribution >= 0.6 is 34.7 Å². The molecule has 3 heterocycles. The number of thiazole rings is 1. The Morgan fingerprint density at radius 1 is 0.699 bits per heavy atom. The molecule has 0 unspecified atom stereocenters. The van der Waals surface area contributed by atoms with Gasteiger partial charge in [-0.25, -0.2) is 9.97 Å². The molecule has 0 aliphatic carbocycles. The Bertz CT molecular complexity index is 4870. The number of thioether (sulfide) groups is 1. The second-order valence-corrected chi connectivity index (χ2v) is 27.4. The number of nitrogens with zero attached hydrogens (tertiary/aromatic N) is 10. The molecular weight excluding hydrogens is 1280 g/mol. The summed E-state index contributed by atoms with van der Waals surface area (Å²) in [6.45, 7) is 4.37. The highest BCUT2D eigenvalue weighted by atomic mass is 35.5. The molecule has 6 N–H and O–H groups in total. The van der Waals surface area contributed by atoms with Crippen LogP contribution in [0.25, 0.3) is 37.7 Å². The standard InChI is InChI=1S/C44H37ClN10O17S7.O3S/c1-21-14-30(51-53-38-23(3)27(20-46)42-47-39-32(55(42)43(38)56)8-9-35(37(39)45)78(66,67)68)33(72-10-4-12-75(57,58)59)18-28(21)49-52-31-15-22(2)29(19-34(31)73-11-5-13-76(60,61)62)50-54-44-48-40-36(79(69,70)71)16-24-6-7-25(77(63,64)65)17-26(24)41(40)74-44;1-4(2)3/h6-9,14-19,56H,4-5,10-13H2,1-3H3,(H,57,58,59)(H,60,61,62)(H,63,64,65)(H,66,67,68)(H,69,70,71);. The Labute approximate surface area is 484 Å². The number of fused-ring (bicyclic) bond motifs is 6. The van der Waals surface area contributed by atoms with E-state index < -0.39 is 98.3 Å². The van der Waals surface area contributed by atoms with E-state index in [1.54, 1.807) is 19.9 Å². The number of halogens is 1. The summed E-state index contributed by atoms with van der Waals surface area (Å²) < 4.78 is 200. The smallest absolute Gasteiger partial charge is 0.425 e. The molecule has 39 heteroatoms. The van der Waals surface area contributed by atoms with Crippen molar-refractivity contribution < 1.29 is 87.3 Å². The van der Waals surface area contributed by atoms with E-state index in [0.717, 1.165) is 51.8 Å². The third kappa shape index (κ3) is 15.2. The predicted octanol–water partition coefficient (Wildman–Crippen LogP) is 9.42. The number of benzene rings is 5. The molecule has 0 aliphatic rings. The Morgan fingerprint density at radius 3 is 1.90 bits per heavy atom. The highest BCUT2D eigenvalue weighted by molar-refractivity contribution is 7.99. The van der Waals surface area contributed by atoms with E-state index in [4.69, 9.17) is 29.0 Å². The van der Waals surface area contributed by atoms with Gasteiger partial charge in [-0.2, -0.15) is 52.5 Å². The van der Waals surface area contributed by atoms with Crippen molar-refractivity contribution in [3.63, 3.8) is 0 Å². The summed E-state index contributed by atoms with van der Waals surface area (Å²) in [5.74, 6) is -1.80. The fourth-order valence-electron chi connectivity index (χ4n) is 7.70. The molecule has 0 radical (unpaired) electrons. The molecule has 83 heavy (non-hydrogen) atoms. The average molecular weight is 1320 g/mol. The van der Waals surface area contributed by atoms with Crippen molar-refractivity contribution in [2.24, 2.45) is 30.7 Å². The average Bonchev–Trinajstić information content (AvgIpc) is 2.68. The van der Waals surface area contributed by atoms with Gasteiger partial charge in [-0.05, 0) is 104 Å². The molecule has 0 amide bonds. The van der Waals surface area contributed by atoms with Crippen LogP contribution in [0.5, 0.6) is 11.6 Å². The van der Waals surface area contributed by atoms with Gasteiger partial charge in [0.2, 0.25) is 11.0 Å². The molecule has 0 saturated heterocycles. The van der Waals surface area contributed by atoms with Crippen molar-refractivity contribution in [2.75, 3.05) is 23.9 Å². The predicted molar refractivity (Wildman–Crippen MR) is 298 cm³/mol. The number of pyridine rings is 1. The highest BCUT2D eigenvalue weighted by Gasteiger charge is 2.26. The van der Waals surface area contributed by atoms with E-state index in [1.165, 1.54) is 37.3 Å². The van der Waals surface area contributed by atoms with Gasteiger partial charge in [0.05, 0.1) is 55.3 Å². The Kier molecular flexibility index (Phi) is 18.8. The first-order valence-corrected chi connectivity index (χ1v) is 33.3. The van der Waals surface area contributed by atoms with E-state index in [9.17, 15) is 75.2 Å². The van der Waals surface area contributed by atoms with Gasteiger partial charge < -0.3 is 9.84 Å². The lowest BCUT2D eigenvalue weighted by atomic mass is 10.1. The summed E-state index contributed by atoms with van der Waals surface area (Å²) in [6, 6.07) is 14.5. The number of imidazole rings is 1. The van der Waals surface area contributed by atoms with Crippen molar-refractivity contribution in [3.8, 4) is 17.7 Å². The second kappa shape index (κ2) is 24.6. The summed E-state index contributed by atoms with van der Waals surface area (Å²) in [4.78, 5) is 7.13. The summed E-state index contributed by atoms with van der Waals surface area (Å²) in [7, 11) is -26.2. The fraction of sp³-hybridized carbons (Fsp3) is 0.205. The topological polar surface area (TPSA) is 481 Å². The van der Waals surface area contributed by atoms with Crippen LogP contribution in [0.4, 0.5) is 33.6 Å². The summed E-state index contributed by atoms with van der Waals surface area (Å²) in [6.07, 6.45) is -0.209. The van der Waals surface area contributed by atoms with Gasteiger partial charge in [0.1, 0.15) is 43.9 Å². The first kappa shape index (κ1) is 63.5. The van der Waals surface area contributed by atoms with Gasteiger partial charge in [-0.1, -0.05) is 29.0 Å². The molecule has 0 spiro atoms. The summed E-state index contributed by atoms with van der Waals surface area (Å²) in [5, 5.41) is 47.5. The van der Waals surface area contributed by atoms with E-state index >= 15 is 0 Å². The van der Waals surface area contributed by atoms with Crippen LogP contribution in [0.15, 0.2) is 111 Å². The van der Waals surface area contributed by atoms with Gasteiger partial charge in [-0.15, -0.1) is 50.0 Å². The maximum absolute atomic E-state index is 12.5. The molecule has 0 bridgehead atoms. The number of hydrogen-bond acceptors (Lipinski definition) is 26. The molecule has 438 valence electrons.